The molecule has 0 aromatic carbocycles. The Morgan fingerprint density at radius 1 is 1.67 bits per heavy atom. The van der Waals surface area contributed by atoms with Gasteiger partial charge in [0.05, 0.1) is 0 Å². The number of thiocarbonyl (C=S) groups is 1. The van der Waals surface area contributed by atoms with Crippen molar-refractivity contribution in [1.82, 2.24) is 0 Å². The first-order valence-electron chi connectivity index (χ1n) is 2.63. The predicted molar refractivity (Wildman–Crippen MR) is 54.7 cm³/mol. The van der Waals surface area contributed by atoms with Gasteiger partial charge in [0.2, 0.25) is 0 Å². The Kier molecular flexibility index (Phi) is 14.6. The van der Waals surface area contributed by atoms with Gasteiger partial charge in [0, 0.05) is 29.6 Å². The second-order valence-corrected chi connectivity index (χ2v) is 4.29. The van der Waals surface area contributed by atoms with Gasteiger partial charge in [0.15, 0.2) is 0 Å². The van der Waals surface area contributed by atoms with Gasteiger partial charge in [-0.05, 0) is 12.2 Å². The summed E-state index contributed by atoms with van der Waals surface area (Å²) < 4.78 is 0.762. The normalized spacial score (nSPS) is 8.22. The topological polar surface area (TPSA) is 0 Å². The van der Waals surface area contributed by atoms with Gasteiger partial charge in [-0.1, -0.05) is 25.6 Å². The Morgan fingerprint density at radius 3 is 2.56 bits per heavy atom. The summed E-state index contributed by atoms with van der Waals surface area (Å²) in [4.78, 5) is 0. The van der Waals surface area contributed by atoms with Crippen molar-refractivity contribution >= 4 is 69.7 Å². The Hall–Kier alpha value is 1.79. The van der Waals surface area contributed by atoms with Crippen LogP contribution in [0.15, 0.2) is 0 Å². The molecule has 1 radical (unpaired) electrons. The third-order valence-corrected chi connectivity index (χ3v) is 2.20. The van der Waals surface area contributed by atoms with Crippen LogP contribution in [0.25, 0.3) is 0 Å². The Labute approximate surface area is 94.2 Å². The van der Waals surface area contributed by atoms with E-state index in [4.69, 9.17) is 12.2 Å². The first-order chi connectivity index (χ1) is 3.77. The summed E-state index contributed by atoms with van der Waals surface area (Å²) in [5, 5.41) is 0. The van der Waals surface area contributed by atoms with E-state index in [1.165, 1.54) is 12.8 Å². The molecule has 0 amide bonds. The standard InChI is InChI=1S/C5H10S3.Na/c1-2-3-4-8-5(6)7;/h2-4H2,1H3,(H,6,7);. The molecule has 0 atom stereocenters. The Bertz CT molecular complexity index is 74.6. The molecule has 0 bridgehead atoms. The van der Waals surface area contributed by atoms with Gasteiger partial charge < -0.3 is 0 Å². The van der Waals surface area contributed by atoms with E-state index >= 15 is 0 Å². The van der Waals surface area contributed by atoms with Crippen molar-refractivity contribution < 1.29 is 0 Å². The maximum Gasteiger partial charge on any atom is 0.101 e. The molecular weight excluding hydrogens is 179 g/mol. The molecule has 0 aromatic heterocycles. The summed E-state index contributed by atoms with van der Waals surface area (Å²) >= 11 is 10.4. The SMILES string of the molecule is CCCCSC(=S)S.[Na]. The summed E-state index contributed by atoms with van der Waals surface area (Å²) in [5.74, 6) is 1.12. The van der Waals surface area contributed by atoms with Crippen LogP contribution in [0.3, 0.4) is 0 Å². The van der Waals surface area contributed by atoms with Crippen molar-refractivity contribution in [3.63, 3.8) is 0 Å². The zero-order valence-corrected chi connectivity index (χ0v) is 10.4. The molecule has 0 N–H and O–H groups in total. The Morgan fingerprint density at radius 2 is 2.22 bits per heavy atom. The minimum atomic E-state index is 0. The molecule has 0 unspecified atom stereocenters. The van der Waals surface area contributed by atoms with Crippen LogP contribution in [0, 0.1) is 0 Å². The van der Waals surface area contributed by atoms with Gasteiger partial charge in [-0.15, -0.1) is 24.4 Å². The fraction of sp³-hybridized carbons (Fsp3) is 0.800. The van der Waals surface area contributed by atoms with Crippen molar-refractivity contribution in [2.75, 3.05) is 5.75 Å². The smallest absolute Gasteiger partial charge is 0.101 e. The molecule has 0 heterocycles. The van der Waals surface area contributed by atoms with Crippen LogP contribution in [0.2, 0.25) is 0 Å². The largest absolute Gasteiger partial charge is 0.125 e. The van der Waals surface area contributed by atoms with Crippen LogP contribution in [0.4, 0.5) is 0 Å². The molecule has 0 fully saturated rings. The summed E-state index contributed by atoms with van der Waals surface area (Å²) in [6.45, 7) is 2.17. The molecule has 0 spiro atoms. The zero-order valence-electron chi connectivity index (χ0n) is 5.89. The second kappa shape index (κ2) is 9.79. The quantitative estimate of drug-likeness (QED) is 0.313. The van der Waals surface area contributed by atoms with Crippen molar-refractivity contribution in [3.8, 4) is 0 Å². The number of rotatable bonds is 3. The molecule has 0 aliphatic heterocycles. The maximum atomic E-state index is 4.74. The molecule has 9 heavy (non-hydrogen) atoms. The van der Waals surface area contributed by atoms with Gasteiger partial charge in [-0.3, -0.25) is 0 Å². The van der Waals surface area contributed by atoms with E-state index in [-0.39, 0.29) is 29.6 Å². The maximum absolute atomic E-state index is 4.74. The minimum Gasteiger partial charge on any atom is -0.125 e. The van der Waals surface area contributed by atoms with Crippen molar-refractivity contribution in [1.29, 1.82) is 0 Å². The molecular formula is C5H10NaS3. The van der Waals surface area contributed by atoms with E-state index < -0.39 is 0 Å². The fourth-order valence-electron chi connectivity index (χ4n) is 0.304. The van der Waals surface area contributed by atoms with Crippen LogP contribution in [-0.4, -0.2) is 38.8 Å². The van der Waals surface area contributed by atoms with Crippen molar-refractivity contribution in [2.45, 2.75) is 19.8 Å². The van der Waals surface area contributed by atoms with Gasteiger partial charge in [-0.2, -0.15) is 0 Å². The monoisotopic (exact) mass is 189 g/mol. The third kappa shape index (κ3) is 12.9. The third-order valence-electron chi connectivity index (χ3n) is 0.723. The van der Waals surface area contributed by atoms with Gasteiger partial charge in [0.1, 0.15) is 3.53 Å². The summed E-state index contributed by atoms with van der Waals surface area (Å²) in [5.41, 5.74) is 0. The number of hydrogen-bond donors (Lipinski definition) is 1. The van der Waals surface area contributed by atoms with E-state index in [2.05, 4.69) is 19.6 Å². The van der Waals surface area contributed by atoms with E-state index in [0.717, 1.165) is 9.28 Å². The van der Waals surface area contributed by atoms with Crippen LogP contribution in [0.5, 0.6) is 0 Å². The molecule has 49 valence electrons. The number of thioether (sulfide) groups is 1. The Balaban J connectivity index is 0. The molecule has 4 heteroatoms. The van der Waals surface area contributed by atoms with Gasteiger partial charge >= 0.3 is 0 Å². The number of hydrogen-bond acceptors (Lipinski definition) is 2. The van der Waals surface area contributed by atoms with Crippen molar-refractivity contribution in [3.05, 3.63) is 0 Å². The summed E-state index contributed by atoms with van der Waals surface area (Å²) in [6.07, 6.45) is 2.48. The van der Waals surface area contributed by atoms with E-state index in [0.29, 0.717) is 0 Å². The van der Waals surface area contributed by atoms with E-state index in [1.807, 2.05) is 0 Å². The average Bonchev–Trinajstić information content (AvgIpc) is 1.66. The number of unbranched alkanes of at least 4 members (excludes halogenated alkanes) is 1. The van der Waals surface area contributed by atoms with E-state index in [9.17, 15) is 0 Å². The van der Waals surface area contributed by atoms with Crippen LogP contribution in [-0.2, 0) is 0 Å². The fourth-order valence-corrected chi connectivity index (χ4v) is 1.44. The number of thiol groups is 1. The van der Waals surface area contributed by atoms with Crippen LogP contribution in [0.1, 0.15) is 19.8 Å². The average molecular weight is 189 g/mol. The molecule has 0 nitrogen and oxygen atoms in total. The molecule has 0 aliphatic carbocycles. The first kappa shape index (κ1) is 13.4. The minimum absolute atomic E-state index is 0. The summed E-state index contributed by atoms with van der Waals surface area (Å²) in [6, 6.07) is 0. The zero-order chi connectivity index (χ0) is 6.41. The molecule has 0 aromatic rings. The van der Waals surface area contributed by atoms with Crippen molar-refractivity contribution in [2.24, 2.45) is 0 Å². The van der Waals surface area contributed by atoms with Gasteiger partial charge in [-0.25, -0.2) is 0 Å². The second-order valence-electron chi connectivity index (χ2n) is 1.47. The predicted octanol–water partition coefficient (Wildman–Crippen LogP) is 2.35. The first-order valence-corrected chi connectivity index (χ1v) is 4.47. The van der Waals surface area contributed by atoms with E-state index in [1.54, 1.807) is 11.8 Å². The molecule has 0 rings (SSSR count). The van der Waals surface area contributed by atoms with Crippen LogP contribution < -0.4 is 0 Å². The summed E-state index contributed by atoms with van der Waals surface area (Å²) in [7, 11) is 0. The molecule has 0 saturated carbocycles. The molecule has 0 aliphatic rings. The van der Waals surface area contributed by atoms with Crippen LogP contribution >= 0.6 is 36.6 Å². The van der Waals surface area contributed by atoms with Gasteiger partial charge in [0.25, 0.3) is 0 Å². The molecule has 0 saturated heterocycles.